The number of hydrogen-bond acceptors (Lipinski definition) is 5. The molecule has 3 N–H and O–H groups in total. The number of nitrogen functional groups attached to an aromatic ring is 1. The number of anilines is 1. The molecular formula is C10H17N3O2S2. The quantitative estimate of drug-likeness (QED) is 0.840. The highest BCUT2D eigenvalue weighted by atomic mass is 32.2. The second-order valence-corrected chi connectivity index (χ2v) is 7.42. The lowest BCUT2D eigenvalue weighted by molar-refractivity contribution is 0.571. The number of thioether (sulfide) groups is 1. The maximum atomic E-state index is 12.0. The molecule has 17 heavy (non-hydrogen) atoms. The highest BCUT2D eigenvalue weighted by molar-refractivity contribution is 8.00. The van der Waals surface area contributed by atoms with Crippen molar-refractivity contribution >= 4 is 27.6 Å². The molecule has 0 saturated heterocycles. The van der Waals surface area contributed by atoms with Crippen molar-refractivity contribution in [3.63, 3.8) is 0 Å². The summed E-state index contributed by atoms with van der Waals surface area (Å²) in [4.78, 5) is 3.79. The zero-order valence-electron chi connectivity index (χ0n) is 10.1. The number of nitrogens with zero attached hydrogens (tertiary/aromatic N) is 1. The van der Waals surface area contributed by atoms with Gasteiger partial charge in [0.1, 0.15) is 10.7 Å². The van der Waals surface area contributed by atoms with E-state index < -0.39 is 10.0 Å². The lowest BCUT2D eigenvalue weighted by Gasteiger charge is -2.22. The Morgan fingerprint density at radius 3 is 2.71 bits per heavy atom. The van der Waals surface area contributed by atoms with Gasteiger partial charge in [0.25, 0.3) is 0 Å². The van der Waals surface area contributed by atoms with Gasteiger partial charge in [0, 0.05) is 17.5 Å². The van der Waals surface area contributed by atoms with Gasteiger partial charge >= 0.3 is 0 Å². The topological polar surface area (TPSA) is 85.1 Å². The normalized spacial score (nSPS) is 12.6. The molecule has 0 aliphatic rings. The standard InChI is InChI=1S/C10H17N3O2S2/c1-10(2,16-3)7-13-17(14,15)8-5-4-6-12-9(8)11/h4-6,13H,7H2,1-3H3,(H2,11,12). The van der Waals surface area contributed by atoms with Crippen molar-refractivity contribution in [1.82, 2.24) is 9.71 Å². The number of pyridine rings is 1. The molecule has 0 unspecified atom stereocenters. The van der Waals surface area contributed by atoms with Crippen LogP contribution >= 0.6 is 11.8 Å². The first-order valence-electron chi connectivity index (χ1n) is 5.04. The van der Waals surface area contributed by atoms with E-state index in [1.807, 2.05) is 20.1 Å². The van der Waals surface area contributed by atoms with E-state index in [-0.39, 0.29) is 15.5 Å². The first-order valence-corrected chi connectivity index (χ1v) is 7.74. The zero-order chi connectivity index (χ0) is 13.1. The van der Waals surface area contributed by atoms with Gasteiger partial charge in [0.15, 0.2) is 0 Å². The third kappa shape index (κ3) is 3.86. The summed E-state index contributed by atoms with van der Waals surface area (Å²) in [6.45, 7) is 4.27. The van der Waals surface area contributed by atoms with E-state index in [9.17, 15) is 8.42 Å². The van der Waals surface area contributed by atoms with E-state index in [2.05, 4.69) is 9.71 Å². The lowest BCUT2D eigenvalue weighted by Crippen LogP contribution is -2.36. The lowest BCUT2D eigenvalue weighted by atomic mass is 10.2. The third-order valence-electron chi connectivity index (χ3n) is 2.33. The monoisotopic (exact) mass is 275 g/mol. The first kappa shape index (κ1) is 14.3. The van der Waals surface area contributed by atoms with E-state index in [4.69, 9.17) is 5.73 Å². The fourth-order valence-electron chi connectivity index (χ4n) is 1.05. The fraction of sp³-hybridized carbons (Fsp3) is 0.500. The molecule has 0 atom stereocenters. The number of nitrogens with one attached hydrogen (secondary N) is 1. The first-order chi connectivity index (χ1) is 7.78. The van der Waals surface area contributed by atoms with Crippen LogP contribution < -0.4 is 10.5 Å². The Morgan fingerprint density at radius 2 is 2.18 bits per heavy atom. The highest BCUT2D eigenvalue weighted by Crippen LogP contribution is 2.21. The summed E-state index contributed by atoms with van der Waals surface area (Å²) < 4.78 is 26.3. The maximum Gasteiger partial charge on any atom is 0.244 e. The SMILES string of the molecule is CSC(C)(C)CNS(=O)(=O)c1cccnc1N. The van der Waals surface area contributed by atoms with E-state index in [0.717, 1.165) is 0 Å². The molecule has 0 aliphatic heterocycles. The zero-order valence-corrected chi connectivity index (χ0v) is 11.7. The molecule has 1 heterocycles. The molecule has 5 nitrogen and oxygen atoms in total. The molecule has 0 aliphatic carbocycles. The van der Waals surface area contributed by atoms with Crippen LogP contribution in [0.2, 0.25) is 0 Å². The van der Waals surface area contributed by atoms with Gasteiger partial charge in [-0.25, -0.2) is 18.1 Å². The molecule has 0 radical (unpaired) electrons. The second-order valence-electron chi connectivity index (χ2n) is 4.18. The van der Waals surface area contributed by atoms with Crippen LogP contribution in [0.25, 0.3) is 0 Å². The molecule has 1 aromatic rings. The van der Waals surface area contributed by atoms with Crippen molar-refractivity contribution < 1.29 is 8.42 Å². The van der Waals surface area contributed by atoms with Gasteiger partial charge in [0.05, 0.1) is 0 Å². The molecule has 0 fully saturated rings. The summed E-state index contributed by atoms with van der Waals surface area (Å²) in [5.41, 5.74) is 5.54. The minimum atomic E-state index is -3.59. The number of aromatic nitrogens is 1. The van der Waals surface area contributed by atoms with Crippen LogP contribution in [0.4, 0.5) is 5.82 Å². The number of rotatable bonds is 5. The van der Waals surface area contributed by atoms with Crippen molar-refractivity contribution in [2.45, 2.75) is 23.5 Å². The molecule has 96 valence electrons. The van der Waals surface area contributed by atoms with Crippen molar-refractivity contribution in [3.8, 4) is 0 Å². The summed E-state index contributed by atoms with van der Waals surface area (Å²) in [6.07, 6.45) is 3.40. The van der Waals surface area contributed by atoms with E-state index in [1.54, 1.807) is 17.8 Å². The van der Waals surface area contributed by atoms with Crippen molar-refractivity contribution in [3.05, 3.63) is 18.3 Å². The molecule has 1 rings (SSSR count). The molecular weight excluding hydrogens is 258 g/mol. The molecule has 0 spiro atoms. The van der Waals surface area contributed by atoms with Crippen molar-refractivity contribution in [1.29, 1.82) is 0 Å². The van der Waals surface area contributed by atoms with Crippen LogP contribution in [0.15, 0.2) is 23.2 Å². The Balaban J connectivity index is 2.88. The summed E-state index contributed by atoms with van der Waals surface area (Å²) >= 11 is 1.59. The van der Waals surface area contributed by atoms with Crippen LogP contribution in [0.1, 0.15) is 13.8 Å². The molecule has 0 bridgehead atoms. The number of nitrogens with two attached hydrogens (primary N) is 1. The Hall–Kier alpha value is -0.790. The largest absolute Gasteiger partial charge is 0.383 e. The molecule has 7 heteroatoms. The van der Waals surface area contributed by atoms with Crippen LogP contribution in [0.5, 0.6) is 0 Å². The smallest absolute Gasteiger partial charge is 0.244 e. The summed E-state index contributed by atoms with van der Waals surface area (Å²) in [6, 6.07) is 2.99. The second kappa shape index (κ2) is 5.24. The van der Waals surface area contributed by atoms with Crippen LogP contribution in [-0.4, -0.2) is 30.9 Å². The van der Waals surface area contributed by atoms with Gasteiger partial charge in [0.2, 0.25) is 10.0 Å². The van der Waals surface area contributed by atoms with Gasteiger partial charge in [-0.2, -0.15) is 11.8 Å². The molecule has 0 aromatic carbocycles. The van der Waals surface area contributed by atoms with E-state index in [0.29, 0.717) is 6.54 Å². The predicted octanol–water partition coefficient (Wildman–Crippen LogP) is 1.08. The van der Waals surface area contributed by atoms with Crippen molar-refractivity contribution in [2.24, 2.45) is 0 Å². The average molecular weight is 275 g/mol. The number of sulfonamides is 1. The van der Waals surface area contributed by atoms with Crippen molar-refractivity contribution in [2.75, 3.05) is 18.5 Å². The van der Waals surface area contributed by atoms with Gasteiger partial charge in [-0.05, 0) is 32.2 Å². The minimum absolute atomic E-state index is 0.0157. The minimum Gasteiger partial charge on any atom is -0.383 e. The van der Waals surface area contributed by atoms with E-state index >= 15 is 0 Å². The Morgan fingerprint density at radius 1 is 1.53 bits per heavy atom. The summed E-state index contributed by atoms with van der Waals surface area (Å²) in [5, 5.41) is 0. The van der Waals surface area contributed by atoms with Crippen LogP contribution in [-0.2, 0) is 10.0 Å². The van der Waals surface area contributed by atoms with Crippen LogP contribution in [0, 0.1) is 0 Å². The van der Waals surface area contributed by atoms with E-state index in [1.165, 1.54) is 12.3 Å². The predicted molar refractivity (Wildman–Crippen MR) is 71.4 cm³/mol. The van der Waals surface area contributed by atoms with Gasteiger partial charge in [-0.1, -0.05) is 0 Å². The summed E-state index contributed by atoms with van der Waals surface area (Å²) in [5.74, 6) is 0.0157. The molecule has 1 aromatic heterocycles. The van der Waals surface area contributed by atoms with Gasteiger partial charge in [-0.3, -0.25) is 0 Å². The Bertz CT molecular complexity index is 486. The molecule has 0 amide bonds. The third-order valence-corrected chi connectivity index (χ3v) is 5.03. The summed E-state index contributed by atoms with van der Waals surface area (Å²) in [7, 11) is -3.59. The number of hydrogen-bond donors (Lipinski definition) is 2. The molecule has 0 saturated carbocycles. The highest BCUT2D eigenvalue weighted by Gasteiger charge is 2.22. The van der Waals surface area contributed by atoms with Gasteiger partial charge in [-0.15, -0.1) is 0 Å². The fourth-order valence-corrected chi connectivity index (χ4v) is 2.65. The van der Waals surface area contributed by atoms with Gasteiger partial charge < -0.3 is 5.73 Å². The van der Waals surface area contributed by atoms with Crippen LogP contribution in [0.3, 0.4) is 0 Å². The average Bonchev–Trinajstić information content (AvgIpc) is 2.27. The maximum absolute atomic E-state index is 12.0. The Kier molecular flexibility index (Phi) is 4.40. The Labute approximate surface area is 106 Å².